The number of aliphatic hydroxyl groups is 1. The Bertz CT molecular complexity index is 1320. The summed E-state index contributed by atoms with van der Waals surface area (Å²) in [5.41, 5.74) is 1.86. The van der Waals surface area contributed by atoms with E-state index in [2.05, 4.69) is 10.3 Å². The maximum Gasteiger partial charge on any atom is 0.248 e. The highest BCUT2D eigenvalue weighted by molar-refractivity contribution is 5.87. The zero-order valence-electron chi connectivity index (χ0n) is 19.6. The zero-order valence-corrected chi connectivity index (χ0v) is 19.6. The lowest BCUT2D eigenvalue weighted by atomic mass is 9.81. The molecule has 4 rings (SSSR count). The molecule has 4 aromatic rings. The van der Waals surface area contributed by atoms with Crippen molar-refractivity contribution in [2.24, 2.45) is 0 Å². The Morgan fingerprint density at radius 2 is 1.46 bits per heavy atom. The first kappa shape index (κ1) is 24.6. The van der Waals surface area contributed by atoms with Crippen LogP contribution in [-0.2, 0) is 0 Å². The van der Waals surface area contributed by atoms with Crippen molar-refractivity contribution in [2.45, 2.75) is 37.8 Å². The number of benzene rings is 3. The Morgan fingerprint density at radius 3 is 2.03 bits per heavy atom. The standard InChI is InChI=1S/C28H28F2N2O3/c1-28(2,15-23(17-3-7-19(29)8-4-17)18-5-9-20(30)10-6-18)31-16-25(34)21-11-13-24(33)27-22(21)12-14-26(35)32-27/h3-14,23,25,31,33-34H,15-16H2,1-2H3,(H,32,35). The molecule has 3 aromatic carbocycles. The van der Waals surface area contributed by atoms with Gasteiger partial charge in [-0.15, -0.1) is 0 Å². The van der Waals surface area contributed by atoms with Gasteiger partial charge in [0.1, 0.15) is 17.4 Å². The fourth-order valence-electron chi connectivity index (χ4n) is 4.43. The number of pyridine rings is 1. The van der Waals surface area contributed by atoms with Crippen LogP contribution in [0.2, 0.25) is 0 Å². The minimum atomic E-state index is -0.904. The van der Waals surface area contributed by atoms with Gasteiger partial charge in [0.05, 0.1) is 11.6 Å². The number of aliphatic hydroxyl groups excluding tert-OH is 1. The third kappa shape index (κ3) is 5.75. The smallest absolute Gasteiger partial charge is 0.248 e. The van der Waals surface area contributed by atoms with Crippen molar-refractivity contribution in [2.75, 3.05) is 6.54 Å². The molecule has 35 heavy (non-hydrogen) atoms. The van der Waals surface area contributed by atoms with Gasteiger partial charge in [0, 0.05) is 29.5 Å². The molecule has 1 unspecified atom stereocenters. The van der Waals surface area contributed by atoms with Crippen molar-refractivity contribution in [3.05, 3.63) is 111 Å². The van der Waals surface area contributed by atoms with Gasteiger partial charge >= 0.3 is 0 Å². The number of rotatable bonds is 8. The lowest BCUT2D eigenvalue weighted by Crippen LogP contribution is -2.43. The Hall–Kier alpha value is -3.55. The van der Waals surface area contributed by atoms with E-state index in [9.17, 15) is 23.8 Å². The summed E-state index contributed by atoms with van der Waals surface area (Å²) in [4.78, 5) is 14.3. The van der Waals surface area contributed by atoms with Crippen molar-refractivity contribution >= 4 is 10.9 Å². The van der Waals surface area contributed by atoms with Crippen molar-refractivity contribution < 1.29 is 19.0 Å². The van der Waals surface area contributed by atoms with E-state index >= 15 is 0 Å². The molecule has 1 aromatic heterocycles. The van der Waals surface area contributed by atoms with Crippen LogP contribution < -0.4 is 10.9 Å². The number of hydrogen-bond acceptors (Lipinski definition) is 4. The van der Waals surface area contributed by atoms with E-state index in [4.69, 9.17) is 0 Å². The number of aromatic nitrogens is 1. The van der Waals surface area contributed by atoms with Crippen LogP contribution in [0.5, 0.6) is 5.75 Å². The van der Waals surface area contributed by atoms with Crippen LogP contribution in [0.3, 0.4) is 0 Å². The topological polar surface area (TPSA) is 85.3 Å². The molecule has 0 saturated carbocycles. The van der Waals surface area contributed by atoms with Gasteiger partial charge in [-0.25, -0.2) is 8.78 Å². The molecule has 0 amide bonds. The second kappa shape index (κ2) is 9.98. The van der Waals surface area contributed by atoms with Crippen LogP contribution in [0.15, 0.2) is 77.6 Å². The number of β-amino-alcohol motifs (C(OH)–C–C–N with tert-alkyl or cyclic N) is 1. The van der Waals surface area contributed by atoms with Crippen molar-refractivity contribution in [1.29, 1.82) is 0 Å². The Labute approximate surface area is 202 Å². The van der Waals surface area contributed by atoms with Gasteiger partial charge < -0.3 is 20.5 Å². The summed E-state index contributed by atoms with van der Waals surface area (Å²) < 4.78 is 27.1. The van der Waals surface area contributed by atoms with E-state index < -0.39 is 11.6 Å². The average molecular weight is 479 g/mol. The number of aromatic amines is 1. The predicted molar refractivity (Wildman–Crippen MR) is 133 cm³/mol. The Kier molecular flexibility index (Phi) is 7.00. The van der Waals surface area contributed by atoms with Gasteiger partial charge in [-0.05, 0) is 73.4 Å². The normalized spacial score (nSPS) is 12.9. The average Bonchev–Trinajstić information content (AvgIpc) is 2.83. The molecule has 0 saturated heterocycles. The third-order valence-electron chi connectivity index (χ3n) is 6.30. The summed E-state index contributed by atoms with van der Waals surface area (Å²) in [5.74, 6) is -0.844. The van der Waals surface area contributed by atoms with Gasteiger partial charge in [-0.3, -0.25) is 4.79 Å². The summed E-state index contributed by atoms with van der Waals surface area (Å²) in [5, 5.41) is 25.0. The van der Waals surface area contributed by atoms with Gasteiger partial charge in [0.2, 0.25) is 5.56 Å². The number of halogens is 2. The van der Waals surface area contributed by atoms with Gasteiger partial charge in [0.15, 0.2) is 0 Å². The first-order valence-electron chi connectivity index (χ1n) is 11.4. The quantitative estimate of drug-likeness (QED) is 0.283. The highest BCUT2D eigenvalue weighted by atomic mass is 19.1. The summed E-state index contributed by atoms with van der Waals surface area (Å²) in [6.07, 6.45) is -0.306. The van der Waals surface area contributed by atoms with Crippen LogP contribution in [0.25, 0.3) is 10.9 Å². The van der Waals surface area contributed by atoms with Crippen molar-refractivity contribution in [3.63, 3.8) is 0 Å². The maximum absolute atomic E-state index is 13.5. The van der Waals surface area contributed by atoms with Crippen LogP contribution in [-0.4, -0.2) is 27.3 Å². The number of phenols is 1. The SMILES string of the molecule is CC(C)(CC(c1ccc(F)cc1)c1ccc(F)cc1)NCC(O)c1ccc(O)c2[nH]c(=O)ccc12. The molecule has 0 aliphatic heterocycles. The van der Waals surface area contributed by atoms with E-state index in [0.717, 1.165) is 11.1 Å². The summed E-state index contributed by atoms with van der Waals surface area (Å²) in [7, 11) is 0. The lowest BCUT2D eigenvalue weighted by Gasteiger charge is -2.33. The second-order valence-corrected chi connectivity index (χ2v) is 9.43. The van der Waals surface area contributed by atoms with E-state index in [1.165, 1.54) is 36.4 Å². The fourth-order valence-corrected chi connectivity index (χ4v) is 4.43. The molecular weight excluding hydrogens is 450 g/mol. The molecule has 1 heterocycles. The van der Waals surface area contributed by atoms with E-state index in [1.807, 2.05) is 13.8 Å². The van der Waals surface area contributed by atoms with Crippen molar-refractivity contribution in [3.8, 4) is 5.75 Å². The Morgan fingerprint density at radius 1 is 0.886 bits per heavy atom. The minimum absolute atomic E-state index is 0.0663. The third-order valence-corrected chi connectivity index (χ3v) is 6.30. The fraction of sp³-hybridized carbons (Fsp3) is 0.250. The van der Waals surface area contributed by atoms with E-state index in [-0.39, 0.29) is 40.9 Å². The van der Waals surface area contributed by atoms with Crippen LogP contribution in [0, 0.1) is 11.6 Å². The van der Waals surface area contributed by atoms with Gasteiger partial charge in [-0.2, -0.15) is 0 Å². The monoisotopic (exact) mass is 478 g/mol. The lowest BCUT2D eigenvalue weighted by molar-refractivity contribution is 0.159. The molecule has 0 bridgehead atoms. The van der Waals surface area contributed by atoms with Gasteiger partial charge in [0.25, 0.3) is 0 Å². The molecule has 0 aliphatic carbocycles. The number of aromatic hydroxyl groups is 1. The predicted octanol–water partition coefficient (Wildman–Crippen LogP) is 5.14. The number of fused-ring (bicyclic) bond motifs is 1. The molecule has 7 heteroatoms. The van der Waals surface area contributed by atoms with Gasteiger partial charge in [-0.1, -0.05) is 30.3 Å². The van der Waals surface area contributed by atoms with Crippen LogP contribution >= 0.6 is 0 Å². The van der Waals surface area contributed by atoms with E-state index in [0.29, 0.717) is 17.4 Å². The van der Waals surface area contributed by atoms with E-state index in [1.54, 1.807) is 36.4 Å². The molecule has 0 aliphatic rings. The first-order chi connectivity index (χ1) is 16.6. The first-order valence-corrected chi connectivity index (χ1v) is 11.4. The van der Waals surface area contributed by atoms with Crippen LogP contribution in [0.4, 0.5) is 8.78 Å². The number of H-pyrrole nitrogens is 1. The molecule has 5 nitrogen and oxygen atoms in total. The minimum Gasteiger partial charge on any atom is -0.506 e. The molecule has 0 radical (unpaired) electrons. The maximum atomic E-state index is 13.5. The molecular formula is C28H28F2N2O3. The molecule has 1 atom stereocenters. The molecule has 0 fully saturated rings. The largest absolute Gasteiger partial charge is 0.506 e. The summed E-state index contributed by atoms with van der Waals surface area (Å²) in [6.45, 7) is 4.23. The summed E-state index contributed by atoms with van der Waals surface area (Å²) in [6, 6.07) is 18.6. The zero-order chi connectivity index (χ0) is 25.2. The highest BCUT2D eigenvalue weighted by Crippen LogP contribution is 2.34. The molecule has 4 N–H and O–H groups in total. The Balaban J connectivity index is 1.55. The highest BCUT2D eigenvalue weighted by Gasteiger charge is 2.27. The summed E-state index contributed by atoms with van der Waals surface area (Å²) >= 11 is 0. The second-order valence-electron chi connectivity index (χ2n) is 9.43. The van der Waals surface area contributed by atoms with Crippen molar-refractivity contribution in [1.82, 2.24) is 10.3 Å². The molecule has 0 spiro atoms. The number of phenolic OH excluding ortho intramolecular Hbond substituents is 1. The number of nitrogens with one attached hydrogen (secondary N) is 2. The van der Waals surface area contributed by atoms with Crippen LogP contribution in [0.1, 0.15) is 49.0 Å². The number of hydrogen-bond donors (Lipinski definition) is 4. The molecule has 182 valence electrons.